The Hall–Kier alpha value is -3.13. The topological polar surface area (TPSA) is 122 Å². The minimum absolute atomic E-state index is 0.0492. The zero-order valence-electron chi connectivity index (χ0n) is 25.3. The van der Waals surface area contributed by atoms with Gasteiger partial charge in [-0.05, 0) is 75.5 Å². The lowest BCUT2D eigenvalue weighted by molar-refractivity contribution is 0.0849. The fourth-order valence-corrected chi connectivity index (χ4v) is 4.70. The zero-order chi connectivity index (χ0) is 29.3. The van der Waals surface area contributed by atoms with E-state index in [4.69, 9.17) is 10.4 Å². The number of rotatable bonds is 15. The Kier molecular flexibility index (Phi) is 11.4. The number of aliphatic hydroxyl groups is 1. The molecular weight excluding hydrogens is 500 g/mol. The number of hydrogen-bond acceptors (Lipinski definition) is 7. The molecule has 40 heavy (non-hydrogen) atoms. The monoisotopic (exact) mass is 550 g/mol. The lowest BCUT2D eigenvalue weighted by Crippen LogP contribution is -2.41. The van der Waals surface area contributed by atoms with Crippen LogP contribution in [0.5, 0.6) is 0 Å². The maximum atomic E-state index is 12.6. The molecule has 8 nitrogen and oxygen atoms in total. The van der Waals surface area contributed by atoms with E-state index < -0.39 is 5.60 Å². The van der Waals surface area contributed by atoms with Crippen LogP contribution in [0.2, 0.25) is 0 Å². The molecule has 1 heterocycles. The maximum absolute atomic E-state index is 12.6. The van der Waals surface area contributed by atoms with Gasteiger partial charge < -0.3 is 31.8 Å². The zero-order valence-corrected chi connectivity index (χ0v) is 25.3. The molecule has 1 aromatic rings. The van der Waals surface area contributed by atoms with Gasteiger partial charge in [-0.3, -0.25) is 4.79 Å². The number of allylic oxidation sites excluding steroid dienone is 1. The molecular formula is C32H50N6O2. The summed E-state index contributed by atoms with van der Waals surface area (Å²) in [6.45, 7) is 13.4. The summed E-state index contributed by atoms with van der Waals surface area (Å²) in [6.07, 6.45) is 11.2. The highest BCUT2D eigenvalue weighted by molar-refractivity contribution is 6.11. The van der Waals surface area contributed by atoms with E-state index >= 15 is 0 Å². The van der Waals surface area contributed by atoms with E-state index in [-0.39, 0.29) is 5.91 Å². The van der Waals surface area contributed by atoms with Crippen LogP contribution in [0.25, 0.3) is 5.57 Å². The SMILES string of the molecule is CCCC(CCC(C)CC)CNC1=CC(NCC(C)(C)O)=N/C(=C(/C=N)c2ccc(C(=O)NC3CC3)c(C)c2)N1. The first-order valence-corrected chi connectivity index (χ1v) is 15.0. The summed E-state index contributed by atoms with van der Waals surface area (Å²) in [6, 6.07) is 5.94. The van der Waals surface area contributed by atoms with Crippen molar-refractivity contribution in [1.82, 2.24) is 21.3 Å². The predicted octanol–water partition coefficient (Wildman–Crippen LogP) is 5.24. The lowest BCUT2D eigenvalue weighted by atomic mass is 9.92. The van der Waals surface area contributed by atoms with E-state index in [9.17, 15) is 9.90 Å². The molecule has 1 aliphatic carbocycles. The van der Waals surface area contributed by atoms with Crippen molar-refractivity contribution in [3.05, 3.63) is 52.6 Å². The Bertz CT molecular complexity index is 1130. The third-order valence-corrected chi connectivity index (χ3v) is 7.61. The molecule has 2 atom stereocenters. The van der Waals surface area contributed by atoms with Gasteiger partial charge in [-0.25, -0.2) is 4.99 Å². The molecule has 0 radical (unpaired) electrons. The van der Waals surface area contributed by atoms with Crippen molar-refractivity contribution < 1.29 is 9.90 Å². The van der Waals surface area contributed by atoms with Crippen molar-refractivity contribution >= 4 is 23.5 Å². The second kappa shape index (κ2) is 14.5. The summed E-state index contributed by atoms with van der Waals surface area (Å²) in [5, 5.41) is 31.8. The van der Waals surface area contributed by atoms with Crippen LogP contribution < -0.4 is 21.3 Å². The maximum Gasteiger partial charge on any atom is 0.251 e. The number of hydrogen-bond donors (Lipinski definition) is 6. The number of nitrogens with one attached hydrogen (secondary N) is 5. The molecule has 6 N–H and O–H groups in total. The van der Waals surface area contributed by atoms with Crippen LogP contribution in [-0.2, 0) is 0 Å². The Balaban J connectivity index is 1.84. The Morgan fingerprint density at radius 1 is 1.23 bits per heavy atom. The average Bonchev–Trinajstić information content (AvgIpc) is 3.73. The van der Waals surface area contributed by atoms with Gasteiger partial charge in [0.25, 0.3) is 5.91 Å². The molecule has 220 valence electrons. The van der Waals surface area contributed by atoms with E-state index in [0.29, 0.717) is 41.3 Å². The van der Waals surface area contributed by atoms with E-state index in [1.165, 1.54) is 31.9 Å². The van der Waals surface area contributed by atoms with Crippen LogP contribution in [0.15, 0.2) is 40.9 Å². The van der Waals surface area contributed by atoms with Crippen molar-refractivity contribution in [3.8, 4) is 0 Å². The minimum atomic E-state index is -0.904. The largest absolute Gasteiger partial charge is 0.389 e. The predicted molar refractivity (Wildman–Crippen MR) is 165 cm³/mol. The fourth-order valence-electron chi connectivity index (χ4n) is 4.70. The van der Waals surface area contributed by atoms with E-state index in [0.717, 1.165) is 48.7 Å². The molecule has 0 saturated heterocycles. The minimum Gasteiger partial charge on any atom is -0.389 e. The Morgan fingerprint density at radius 3 is 2.58 bits per heavy atom. The van der Waals surface area contributed by atoms with Gasteiger partial charge in [-0.1, -0.05) is 52.2 Å². The standard InChI is InChI=1S/C32H50N6O2/c1-7-9-23(11-10-21(3)8-2)19-34-28-17-29(35-20-32(5,6)40)38-30(37-28)27(18-33)24-12-15-26(22(4)16-24)31(39)36-25-13-14-25/h12,15-18,21,23,25,33-34,37,40H,7-11,13-14,19-20H2,1-6H3,(H,35,38)(H,36,39)/b30-27-,33-18?. The van der Waals surface area contributed by atoms with Crippen molar-refractivity contribution in [3.63, 3.8) is 0 Å². The first kappa shape index (κ1) is 31.4. The van der Waals surface area contributed by atoms with Crippen LogP contribution in [0, 0.1) is 24.2 Å². The van der Waals surface area contributed by atoms with Crippen LogP contribution in [0.1, 0.15) is 101 Å². The van der Waals surface area contributed by atoms with Gasteiger partial charge in [-0.2, -0.15) is 0 Å². The second-order valence-electron chi connectivity index (χ2n) is 12.2. The van der Waals surface area contributed by atoms with Gasteiger partial charge in [-0.15, -0.1) is 0 Å². The van der Waals surface area contributed by atoms with Gasteiger partial charge in [0.15, 0.2) is 0 Å². The lowest BCUT2D eigenvalue weighted by Gasteiger charge is -2.26. The van der Waals surface area contributed by atoms with E-state index in [1.54, 1.807) is 13.8 Å². The highest BCUT2D eigenvalue weighted by atomic mass is 16.3. The van der Waals surface area contributed by atoms with Crippen LogP contribution in [0.4, 0.5) is 0 Å². The number of carbonyl (C=O) groups is 1. The van der Waals surface area contributed by atoms with Crippen LogP contribution >= 0.6 is 0 Å². The Morgan fingerprint density at radius 2 is 1.98 bits per heavy atom. The number of aryl methyl sites for hydroxylation is 1. The fraction of sp³-hybridized carbons (Fsp3) is 0.594. The molecule has 0 bridgehead atoms. The summed E-state index contributed by atoms with van der Waals surface area (Å²) >= 11 is 0. The summed E-state index contributed by atoms with van der Waals surface area (Å²) in [5.74, 6) is 3.22. The number of amidine groups is 1. The summed E-state index contributed by atoms with van der Waals surface area (Å²) in [4.78, 5) is 17.4. The van der Waals surface area contributed by atoms with Gasteiger partial charge in [0.05, 0.1) is 5.60 Å². The van der Waals surface area contributed by atoms with Crippen molar-refractivity contribution in [2.45, 2.75) is 98.1 Å². The molecule has 1 aromatic carbocycles. The van der Waals surface area contributed by atoms with Gasteiger partial charge in [0.1, 0.15) is 17.5 Å². The Labute approximate surface area is 240 Å². The average molecular weight is 551 g/mol. The number of amides is 1. The third-order valence-electron chi connectivity index (χ3n) is 7.61. The molecule has 3 rings (SSSR count). The molecule has 0 aromatic heterocycles. The number of aliphatic imine (C=N–C) groups is 1. The van der Waals surface area contributed by atoms with Crippen molar-refractivity contribution in [1.29, 1.82) is 5.41 Å². The normalized spacial score (nSPS) is 18.1. The highest BCUT2D eigenvalue weighted by Crippen LogP contribution is 2.24. The van der Waals surface area contributed by atoms with Crippen molar-refractivity contribution in [2.75, 3.05) is 13.1 Å². The smallest absolute Gasteiger partial charge is 0.251 e. The van der Waals surface area contributed by atoms with Gasteiger partial charge in [0, 0.05) is 42.6 Å². The molecule has 2 unspecified atom stereocenters. The number of nitrogens with zero attached hydrogens (tertiary/aromatic N) is 1. The molecule has 0 spiro atoms. The van der Waals surface area contributed by atoms with Crippen LogP contribution in [-0.4, -0.2) is 47.8 Å². The summed E-state index contributed by atoms with van der Waals surface area (Å²) < 4.78 is 0. The van der Waals surface area contributed by atoms with Crippen molar-refractivity contribution in [2.24, 2.45) is 16.8 Å². The molecule has 1 aliphatic heterocycles. The van der Waals surface area contributed by atoms with Crippen LogP contribution in [0.3, 0.4) is 0 Å². The molecule has 1 saturated carbocycles. The van der Waals surface area contributed by atoms with E-state index in [1.807, 2.05) is 31.2 Å². The summed E-state index contributed by atoms with van der Waals surface area (Å²) in [7, 11) is 0. The first-order chi connectivity index (χ1) is 19.0. The molecule has 8 heteroatoms. The number of benzene rings is 1. The second-order valence-corrected chi connectivity index (χ2v) is 12.2. The molecule has 1 fully saturated rings. The number of carbonyl (C=O) groups excluding carboxylic acids is 1. The van der Waals surface area contributed by atoms with E-state index in [2.05, 4.69) is 42.0 Å². The quantitative estimate of drug-likeness (QED) is 0.167. The first-order valence-electron chi connectivity index (χ1n) is 15.0. The molecule has 2 aliphatic rings. The highest BCUT2D eigenvalue weighted by Gasteiger charge is 2.25. The molecule has 1 amide bonds. The van der Waals surface area contributed by atoms with Gasteiger partial charge in [0.2, 0.25) is 0 Å². The third kappa shape index (κ3) is 9.81. The summed E-state index contributed by atoms with van der Waals surface area (Å²) in [5.41, 5.74) is 2.03. The van der Waals surface area contributed by atoms with Gasteiger partial charge >= 0.3 is 0 Å².